The van der Waals surface area contributed by atoms with Crippen LogP contribution in [-0.4, -0.2) is 59.0 Å². The quantitative estimate of drug-likeness (QED) is 0.733. The van der Waals surface area contributed by atoms with Gasteiger partial charge in [0.1, 0.15) is 5.60 Å². The van der Waals surface area contributed by atoms with Crippen LogP contribution in [0.15, 0.2) is 5.16 Å². The Kier molecular flexibility index (Phi) is 3.99. The number of aliphatic hydroxyl groups is 1. The summed E-state index contributed by atoms with van der Waals surface area (Å²) in [7, 11) is 0. The van der Waals surface area contributed by atoms with Crippen molar-refractivity contribution in [2.24, 2.45) is 11.1 Å². The predicted molar refractivity (Wildman–Crippen MR) is 69.9 cm³/mol. The number of hydrogen-bond acceptors (Lipinski definition) is 6. The normalized spacial score (nSPS) is 22.9. The highest BCUT2D eigenvalue weighted by atomic mass is 16.7. The van der Waals surface area contributed by atoms with Crippen LogP contribution in [0, 0.1) is 5.92 Å². The van der Waals surface area contributed by atoms with Crippen LogP contribution in [0.4, 0.5) is 0 Å². The first-order valence-corrected chi connectivity index (χ1v) is 6.66. The van der Waals surface area contributed by atoms with Crippen LogP contribution < -0.4 is 0 Å². The van der Waals surface area contributed by atoms with Gasteiger partial charge in [0.15, 0.2) is 5.71 Å². The van der Waals surface area contributed by atoms with E-state index in [1.54, 1.807) is 25.7 Å². The van der Waals surface area contributed by atoms with Crippen molar-refractivity contribution in [3.05, 3.63) is 0 Å². The number of amides is 1. The summed E-state index contributed by atoms with van der Waals surface area (Å²) in [6, 6.07) is 0. The minimum atomic E-state index is -0.753. The van der Waals surface area contributed by atoms with Gasteiger partial charge < -0.3 is 19.6 Å². The summed E-state index contributed by atoms with van der Waals surface area (Å²) in [5.74, 6) is -0.603. The summed E-state index contributed by atoms with van der Waals surface area (Å²) in [5.41, 5.74) is -0.467. The molecular weight excluding hydrogens is 264 g/mol. The van der Waals surface area contributed by atoms with E-state index in [1.807, 2.05) is 0 Å². The van der Waals surface area contributed by atoms with Crippen LogP contribution in [0.25, 0.3) is 0 Å². The Balaban J connectivity index is 1.82. The Labute approximate surface area is 117 Å². The first-order valence-electron chi connectivity index (χ1n) is 6.66. The highest BCUT2D eigenvalue weighted by molar-refractivity contribution is 6.37. The molecule has 20 heavy (non-hydrogen) atoms. The molecule has 1 atom stereocenters. The molecule has 1 fully saturated rings. The molecule has 1 N–H and O–H groups in total. The number of oxime groups is 1. The molecule has 0 aromatic rings. The van der Waals surface area contributed by atoms with Crippen LogP contribution in [0.1, 0.15) is 27.2 Å². The smallest absolute Gasteiger partial charge is 0.356 e. The molecule has 2 aliphatic rings. The molecule has 7 heteroatoms. The molecule has 0 aliphatic carbocycles. The van der Waals surface area contributed by atoms with E-state index in [0.717, 1.165) is 0 Å². The van der Waals surface area contributed by atoms with Crippen LogP contribution in [0.5, 0.6) is 0 Å². The van der Waals surface area contributed by atoms with Crippen molar-refractivity contribution in [1.82, 2.24) is 4.90 Å². The predicted octanol–water partition coefficient (Wildman–Crippen LogP) is -0.0763. The monoisotopic (exact) mass is 284 g/mol. The summed E-state index contributed by atoms with van der Waals surface area (Å²) < 4.78 is 5.18. The van der Waals surface area contributed by atoms with Gasteiger partial charge in [0.05, 0.1) is 0 Å². The number of aliphatic hydroxyl groups excluding tert-OH is 1. The van der Waals surface area contributed by atoms with Gasteiger partial charge in [-0.15, -0.1) is 0 Å². The van der Waals surface area contributed by atoms with Crippen LogP contribution in [0.2, 0.25) is 0 Å². The Morgan fingerprint density at radius 3 is 2.65 bits per heavy atom. The Morgan fingerprint density at radius 1 is 1.45 bits per heavy atom. The average Bonchev–Trinajstić information content (AvgIpc) is 2.74. The minimum absolute atomic E-state index is 0.0783. The van der Waals surface area contributed by atoms with Crippen molar-refractivity contribution in [3.63, 3.8) is 0 Å². The van der Waals surface area contributed by atoms with Crippen molar-refractivity contribution in [3.8, 4) is 0 Å². The van der Waals surface area contributed by atoms with E-state index in [9.17, 15) is 9.59 Å². The number of hydrogen-bond donors (Lipinski definition) is 1. The van der Waals surface area contributed by atoms with Crippen LogP contribution in [0.3, 0.4) is 0 Å². The number of nitrogens with zero attached hydrogens (tertiary/aromatic N) is 2. The van der Waals surface area contributed by atoms with Crippen molar-refractivity contribution in [2.45, 2.75) is 38.9 Å². The number of likely N-dealkylation sites (tertiary alicyclic amines) is 1. The van der Waals surface area contributed by atoms with E-state index in [4.69, 9.17) is 14.7 Å². The van der Waals surface area contributed by atoms with Gasteiger partial charge in [-0.2, -0.15) is 0 Å². The third-order valence-electron chi connectivity index (χ3n) is 3.11. The molecule has 1 saturated heterocycles. The topological polar surface area (TPSA) is 88.4 Å². The maximum Gasteiger partial charge on any atom is 0.356 e. The number of carbonyl (C=O) groups is 2. The molecule has 7 nitrogen and oxygen atoms in total. The third-order valence-corrected chi connectivity index (χ3v) is 3.11. The van der Waals surface area contributed by atoms with Crippen LogP contribution in [-0.2, 0) is 19.2 Å². The second kappa shape index (κ2) is 5.40. The molecule has 2 heterocycles. The lowest BCUT2D eigenvalue weighted by atomic mass is 10.00. The zero-order valence-electron chi connectivity index (χ0n) is 12.0. The lowest BCUT2D eigenvalue weighted by Gasteiger charge is -2.38. The summed E-state index contributed by atoms with van der Waals surface area (Å²) in [5, 5.41) is 12.6. The first-order chi connectivity index (χ1) is 9.30. The fraction of sp³-hybridized carbons (Fsp3) is 0.769. The molecule has 0 saturated carbocycles. The van der Waals surface area contributed by atoms with E-state index in [2.05, 4.69) is 5.16 Å². The largest absolute Gasteiger partial charge is 0.455 e. The lowest BCUT2D eigenvalue weighted by molar-refractivity contribution is -0.149. The summed E-state index contributed by atoms with van der Waals surface area (Å²) in [6.07, 6.45) is -0.620. The number of esters is 1. The van der Waals surface area contributed by atoms with Gasteiger partial charge in [0, 0.05) is 32.0 Å². The molecule has 0 aromatic heterocycles. The average molecular weight is 284 g/mol. The molecular formula is C13H20N2O5. The maximum atomic E-state index is 12.0. The second-order valence-corrected chi connectivity index (χ2v) is 6.13. The first kappa shape index (κ1) is 14.8. The Hall–Kier alpha value is -1.63. The zero-order valence-corrected chi connectivity index (χ0v) is 12.0. The molecule has 0 aromatic carbocycles. The fourth-order valence-corrected chi connectivity index (χ4v) is 2.04. The number of carbonyl (C=O) groups excluding carboxylic acids is 2. The van der Waals surface area contributed by atoms with E-state index < -0.39 is 17.7 Å². The minimum Gasteiger partial charge on any atom is -0.455 e. The van der Waals surface area contributed by atoms with Crippen molar-refractivity contribution in [2.75, 3.05) is 19.7 Å². The van der Waals surface area contributed by atoms with Crippen LogP contribution >= 0.6 is 0 Å². The maximum absolute atomic E-state index is 12.0. The molecule has 0 spiro atoms. The molecule has 0 bridgehead atoms. The molecule has 1 amide bonds. The fourth-order valence-electron chi connectivity index (χ4n) is 2.04. The Bertz CT molecular complexity index is 435. The van der Waals surface area contributed by atoms with Gasteiger partial charge in [-0.05, 0) is 20.8 Å². The summed E-state index contributed by atoms with van der Waals surface area (Å²) in [6.45, 7) is 6.42. The van der Waals surface area contributed by atoms with Gasteiger partial charge >= 0.3 is 5.97 Å². The van der Waals surface area contributed by atoms with Crippen molar-refractivity contribution < 1.29 is 24.3 Å². The number of ether oxygens (including phenoxy) is 1. The van der Waals surface area contributed by atoms with E-state index in [1.165, 1.54) is 0 Å². The zero-order chi connectivity index (χ0) is 14.9. The second-order valence-electron chi connectivity index (χ2n) is 6.13. The molecule has 2 rings (SSSR count). The lowest BCUT2D eigenvalue weighted by Crippen LogP contribution is -2.54. The van der Waals surface area contributed by atoms with Gasteiger partial charge in [-0.3, -0.25) is 4.79 Å². The van der Waals surface area contributed by atoms with E-state index >= 15 is 0 Å². The molecule has 2 aliphatic heterocycles. The highest BCUT2D eigenvalue weighted by Gasteiger charge is 2.40. The van der Waals surface area contributed by atoms with Gasteiger partial charge in [0.25, 0.3) is 5.91 Å². The van der Waals surface area contributed by atoms with E-state index in [0.29, 0.717) is 13.1 Å². The molecule has 112 valence electrons. The summed E-state index contributed by atoms with van der Waals surface area (Å²) in [4.78, 5) is 30.4. The van der Waals surface area contributed by atoms with Crippen molar-refractivity contribution >= 4 is 17.6 Å². The van der Waals surface area contributed by atoms with E-state index in [-0.39, 0.29) is 30.6 Å². The third kappa shape index (κ3) is 3.27. The highest BCUT2D eigenvalue weighted by Crippen LogP contribution is 2.21. The SMILES string of the molecule is CC(C)(C)OC(=O)C1=NOC(C(=O)N2CC(CO)C2)C1. The molecule has 1 unspecified atom stereocenters. The van der Waals surface area contributed by atoms with Gasteiger partial charge in [-0.1, -0.05) is 5.16 Å². The molecule has 0 radical (unpaired) electrons. The van der Waals surface area contributed by atoms with Gasteiger partial charge in [-0.25, -0.2) is 4.79 Å². The standard InChI is InChI=1S/C13H20N2O5/c1-13(2,3)19-12(18)9-4-10(20-14-9)11(17)15-5-8(6-15)7-16/h8,10,16H,4-7H2,1-3H3. The Morgan fingerprint density at radius 2 is 2.10 bits per heavy atom. The van der Waals surface area contributed by atoms with Gasteiger partial charge in [0.2, 0.25) is 6.10 Å². The van der Waals surface area contributed by atoms with Crippen molar-refractivity contribution in [1.29, 1.82) is 0 Å². The number of rotatable bonds is 3. The summed E-state index contributed by atoms with van der Waals surface area (Å²) >= 11 is 0.